The Morgan fingerprint density at radius 1 is 1.28 bits per heavy atom. The molecule has 5 nitrogen and oxygen atoms in total. The first-order valence-corrected chi connectivity index (χ1v) is 10.7. The number of fused-ring (bicyclic) bond motifs is 1. The summed E-state index contributed by atoms with van der Waals surface area (Å²) >= 11 is 1.77. The summed E-state index contributed by atoms with van der Waals surface area (Å²) < 4.78 is 25.8. The van der Waals surface area contributed by atoms with Gasteiger partial charge < -0.3 is 4.90 Å². The highest BCUT2D eigenvalue weighted by molar-refractivity contribution is 7.89. The van der Waals surface area contributed by atoms with Gasteiger partial charge in [-0.25, -0.2) is 13.1 Å². The lowest BCUT2D eigenvalue weighted by molar-refractivity contribution is -0.133. The highest BCUT2D eigenvalue weighted by atomic mass is 32.2. The summed E-state index contributed by atoms with van der Waals surface area (Å²) in [6, 6.07) is 8.94. The van der Waals surface area contributed by atoms with Crippen molar-refractivity contribution in [3.63, 3.8) is 0 Å². The van der Waals surface area contributed by atoms with E-state index in [1.54, 1.807) is 35.6 Å². The van der Waals surface area contributed by atoms with Crippen LogP contribution in [0.3, 0.4) is 0 Å². The zero-order valence-corrected chi connectivity index (χ0v) is 16.0. The van der Waals surface area contributed by atoms with Gasteiger partial charge in [0.1, 0.15) is 0 Å². The SMILES string of the molecule is CNS(=O)(=O)c1ccc(CCC(=O)N2CCc3sccc3[C@H]2C)cc1. The predicted octanol–water partition coefficient (Wildman–Crippen LogP) is 2.73. The number of nitrogens with one attached hydrogen (secondary N) is 1. The van der Waals surface area contributed by atoms with Gasteiger partial charge in [-0.2, -0.15) is 0 Å². The largest absolute Gasteiger partial charge is 0.336 e. The normalized spacial score (nSPS) is 17.4. The van der Waals surface area contributed by atoms with Crippen molar-refractivity contribution < 1.29 is 13.2 Å². The lowest BCUT2D eigenvalue weighted by Gasteiger charge is -2.33. The van der Waals surface area contributed by atoms with Gasteiger partial charge in [-0.15, -0.1) is 11.3 Å². The van der Waals surface area contributed by atoms with Crippen LogP contribution >= 0.6 is 11.3 Å². The van der Waals surface area contributed by atoms with Crippen molar-refractivity contribution in [3.05, 3.63) is 51.7 Å². The Morgan fingerprint density at radius 2 is 2.00 bits per heavy atom. The number of carbonyl (C=O) groups is 1. The smallest absolute Gasteiger partial charge is 0.240 e. The molecule has 2 aromatic rings. The number of rotatable bonds is 5. The highest BCUT2D eigenvalue weighted by Gasteiger charge is 2.27. The van der Waals surface area contributed by atoms with Crippen molar-refractivity contribution in [2.24, 2.45) is 0 Å². The second kappa shape index (κ2) is 7.27. The molecule has 0 saturated heterocycles. The van der Waals surface area contributed by atoms with E-state index in [0.717, 1.165) is 18.5 Å². The second-order valence-electron chi connectivity index (χ2n) is 6.16. The summed E-state index contributed by atoms with van der Waals surface area (Å²) in [7, 11) is -2.03. The van der Waals surface area contributed by atoms with Gasteiger partial charge in [-0.05, 0) is 61.5 Å². The molecule has 3 rings (SSSR count). The molecule has 0 spiro atoms. The van der Waals surface area contributed by atoms with E-state index in [1.807, 2.05) is 4.90 Å². The first-order valence-electron chi connectivity index (χ1n) is 8.30. The Balaban J connectivity index is 1.61. The summed E-state index contributed by atoms with van der Waals surface area (Å²) in [5.41, 5.74) is 2.23. The van der Waals surface area contributed by atoms with Gasteiger partial charge in [0, 0.05) is 17.8 Å². The molecule has 7 heteroatoms. The molecule has 2 heterocycles. The molecule has 0 saturated carbocycles. The summed E-state index contributed by atoms with van der Waals surface area (Å²) in [4.78, 5) is 16.2. The third kappa shape index (κ3) is 3.78. The molecule has 1 atom stereocenters. The molecular weight excluding hydrogens is 356 g/mol. The number of hydrogen-bond acceptors (Lipinski definition) is 4. The summed E-state index contributed by atoms with van der Waals surface area (Å²) in [5, 5.41) is 2.09. The second-order valence-corrected chi connectivity index (χ2v) is 9.05. The van der Waals surface area contributed by atoms with E-state index in [2.05, 4.69) is 23.1 Å². The van der Waals surface area contributed by atoms with Crippen molar-refractivity contribution in [3.8, 4) is 0 Å². The molecule has 0 aliphatic carbocycles. The van der Waals surface area contributed by atoms with Crippen LogP contribution in [0.2, 0.25) is 0 Å². The van der Waals surface area contributed by atoms with Crippen LogP contribution < -0.4 is 4.72 Å². The number of sulfonamides is 1. The van der Waals surface area contributed by atoms with Crippen LogP contribution in [0.5, 0.6) is 0 Å². The van der Waals surface area contributed by atoms with E-state index in [-0.39, 0.29) is 16.8 Å². The first-order chi connectivity index (χ1) is 11.9. The minimum Gasteiger partial charge on any atom is -0.336 e. The summed E-state index contributed by atoms with van der Waals surface area (Å²) in [6.07, 6.45) is 1.97. The van der Waals surface area contributed by atoms with Crippen molar-refractivity contribution >= 4 is 27.3 Å². The monoisotopic (exact) mass is 378 g/mol. The third-order valence-corrected chi connectivity index (χ3v) is 7.15. The molecule has 1 aliphatic rings. The number of thiophene rings is 1. The van der Waals surface area contributed by atoms with Gasteiger partial charge in [0.05, 0.1) is 10.9 Å². The zero-order valence-electron chi connectivity index (χ0n) is 14.4. The van der Waals surface area contributed by atoms with Crippen LogP contribution in [0, 0.1) is 0 Å². The first kappa shape index (κ1) is 18.1. The van der Waals surface area contributed by atoms with Gasteiger partial charge in [0.15, 0.2) is 0 Å². The quantitative estimate of drug-likeness (QED) is 0.870. The van der Waals surface area contributed by atoms with Gasteiger partial charge in [0.2, 0.25) is 15.9 Å². The Morgan fingerprint density at radius 3 is 2.68 bits per heavy atom. The highest BCUT2D eigenvalue weighted by Crippen LogP contribution is 2.33. The maximum absolute atomic E-state index is 12.6. The van der Waals surface area contributed by atoms with E-state index in [9.17, 15) is 13.2 Å². The van der Waals surface area contributed by atoms with Crippen LogP contribution in [0.15, 0.2) is 40.6 Å². The average Bonchev–Trinajstić information content (AvgIpc) is 3.10. The van der Waals surface area contributed by atoms with Gasteiger partial charge in [-0.3, -0.25) is 4.79 Å². The molecule has 0 unspecified atom stereocenters. The fraction of sp³-hybridized carbons (Fsp3) is 0.389. The number of hydrogen-bond donors (Lipinski definition) is 1. The summed E-state index contributed by atoms with van der Waals surface area (Å²) in [5.74, 6) is 0.149. The van der Waals surface area contributed by atoms with E-state index in [0.29, 0.717) is 12.8 Å². The fourth-order valence-corrected chi connectivity index (χ4v) is 4.89. The van der Waals surface area contributed by atoms with Gasteiger partial charge in [0.25, 0.3) is 0 Å². The zero-order chi connectivity index (χ0) is 18.0. The number of carbonyl (C=O) groups excluding carboxylic acids is 1. The topological polar surface area (TPSA) is 66.5 Å². The minimum atomic E-state index is -3.42. The van der Waals surface area contributed by atoms with E-state index in [1.165, 1.54) is 17.5 Å². The molecule has 1 amide bonds. The standard InChI is InChI=1S/C18H22N2O3S2/c1-13-16-10-12-24-17(16)9-11-20(13)18(21)8-5-14-3-6-15(7-4-14)25(22,23)19-2/h3-4,6-7,10,12-13,19H,5,8-9,11H2,1-2H3/t13-/m1/s1. The molecule has 1 aromatic carbocycles. The van der Waals surface area contributed by atoms with Crippen LogP contribution in [0.4, 0.5) is 0 Å². The van der Waals surface area contributed by atoms with Crippen molar-refractivity contribution in [2.45, 2.75) is 37.1 Å². The van der Waals surface area contributed by atoms with Crippen molar-refractivity contribution in [1.82, 2.24) is 9.62 Å². The van der Waals surface area contributed by atoms with E-state index in [4.69, 9.17) is 0 Å². The van der Waals surface area contributed by atoms with Crippen molar-refractivity contribution in [1.29, 1.82) is 0 Å². The number of aryl methyl sites for hydroxylation is 1. The van der Waals surface area contributed by atoms with E-state index >= 15 is 0 Å². The molecule has 0 fully saturated rings. The molecule has 1 aliphatic heterocycles. The molecule has 1 aromatic heterocycles. The van der Waals surface area contributed by atoms with Crippen LogP contribution in [0.1, 0.15) is 35.4 Å². The Labute approximate surface area is 152 Å². The Kier molecular flexibility index (Phi) is 5.27. The lowest BCUT2D eigenvalue weighted by Crippen LogP contribution is -2.38. The number of nitrogens with zero attached hydrogens (tertiary/aromatic N) is 1. The predicted molar refractivity (Wildman–Crippen MR) is 99.2 cm³/mol. The maximum Gasteiger partial charge on any atom is 0.240 e. The summed E-state index contributed by atoms with van der Waals surface area (Å²) in [6.45, 7) is 2.85. The fourth-order valence-electron chi connectivity index (χ4n) is 3.20. The Hall–Kier alpha value is -1.70. The average molecular weight is 379 g/mol. The van der Waals surface area contributed by atoms with Crippen LogP contribution in [-0.4, -0.2) is 32.8 Å². The van der Waals surface area contributed by atoms with Gasteiger partial charge in [-0.1, -0.05) is 12.1 Å². The molecular formula is C18H22N2O3S2. The molecule has 25 heavy (non-hydrogen) atoms. The molecule has 0 bridgehead atoms. The number of benzene rings is 1. The third-order valence-electron chi connectivity index (χ3n) is 4.73. The number of amides is 1. The van der Waals surface area contributed by atoms with Crippen molar-refractivity contribution in [2.75, 3.05) is 13.6 Å². The molecule has 1 N–H and O–H groups in total. The van der Waals surface area contributed by atoms with Crippen LogP contribution in [0.25, 0.3) is 0 Å². The molecule has 134 valence electrons. The van der Waals surface area contributed by atoms with E-state index < -0.39 is 10.0 Å². The minimum absolute atomic E-state index is 0.130. The van der Waals surface area contributed by atoms with Gasteiger partial charge >= 0.3 is 0 Å². The maximum atomic E-state index is 12.6. The van der Waals surface area contributed by atoms with Crippen LogP contribution in [-0.2, 0) is 27.7 Å². The molecule has 0 radical (unpaired) electrons. The lowest BCUT2D eigenvalue weighted by atomic mass is 10.0. The Bertz CT molecular complexity index is 857.